The van der Waals surface area contributed by atoms with Crippen molar-refractivity contribution in [3.05, 3.63) is 47.5 Å². The summed E-state index contributed by atoms with van der Waals surface area (Å²) in [5.41, 5.74) is 4.18. The molecule has 0 saturated heterocycles. The number of pyridine rings is 1. The summed E-state index contributed by atoms with van der Waals surface area (Å²) in [5.74, 6) is 0.425. The molecule has 1 aliphatic carbocycles. The summed E-state index contributed by atoms with van der Waals surface area (Å²) in [6.45, 7) is 3.20. The van der Waals surface area contributed by atoms with E-state index in [4.69, 9.17) is 0 Å². The van der Waals surface area contributed by atoms with E-state index in [1.54, 1.807) is 6.20 Å². The molecule has 0 unspecified atom stereocenters. The number of halogens is 1. The van der Waals surface area contributed by atoms with Crippen LogP contribution in [0.5, 0.6) is 0 Å². The van der Waals surface area contributed by atoms with Gasteiger partial charge < -0.3 is 10.3 Å². The zero-order chi connectivity index (χ0) is 16.7. The lowest BCUT2D eigenvalue weighted by atomic mass is 10.1. The Morgan fingerprint density at radius 1 is 1.33 bits per heavy atom. The molecule has 2 N–H and O–H groups in total. The van der Waals surface area contributed by atoms with Gasteiger partial charge in [-0.15, -0.1) is 0 Å². The van der Waals surface area contributed by atoms with Gasteiger partial charge in [-0.3, -0.25) is 4.98 Å². The van der Waals surface area contributed by atoms with E-state index >= 15 is 0 Å². The van der Waals surface area contributed by atoms with Gasteiger partial charge in [0.15, 0.2) is 0 Å². The number of aromatic nitrogens is 4. The van der Waals surface area contributed by atoms with E-state index in [1.807, 2.05) is 24.7 Å². The SMILES string of the molecule is CC(C)(F)CNc1ncc2c(C3=Cc4cnccc4C3)c[nH]c2n1. The zero-order valence-electron chi connectivity index (χ0n) is 13.6. The molecule has 0 saturated carbocycles. The predicted molar refractivity (Wildman–Crippen MR) is 93.4 cm³/mol. The van der Waals surface area contributed by atoms with E-state index < -0.39 is 5.67 Å². The molecule has 6 heteroatoms. The number of nitrogens with zero attached hydrogens (tertiary/aromatic N) is 3. The molecule has 4 rings (SSSR count). The van der Waals surface area contributed by atoms with Crippen molar-refractivity contribution >= 4 is 28.6 Å². The summed E-state index contributed by atoms with van der Waals surface area (Å²) >= 11 is 0. The molecule has 0 aliphatic heterocycles. The van der Waals surface area contributed by atoms with Crippen molar-refractivity contribution in [3.63, 3.8) is 0 Å². The van der Waals surface area contributed by atoms with Crippen LogP contribution >= 0.6 is 0 Å². The van der Waals surface area contributed by atoms with E-state index in [0.29, 0.717) is 5.95 Å². The summed E-state index contributed by atoms with van der Waals surface area (Å²) in [6.07, 6.45) is 10.5. The third-order valence-corrected chi connectivity index (χ3v) is 4.10. The van der Waals surface area contributed by atoms with E-state index in [2.05, 4.69) is 31.3 Å². The van der Waals surface area contributed by atoms with Gasteiger partial charge in [-0.1, -0.05) is 0 Å². The Kier molecular flexibility index (Phi) is 3.33. The molecule has 0 fully saturated rings. The van der Waals surface area contributed by atoms with Gasteiger partial charge >= 0.3 is 0 Å². The molecule has 0 spiro atoms. The number of H-pyrrole nitrogens is 1. The van der Waals surface area contributed by atoms with Crippen molar-refractivity contribution in [3.8, 4) is 0 Å². The largest absolute Gasteiger partial charge is 0.351 e. The lowest BCUT2D eigenvalue weighted by Crippen LogP contribution is -2.25. The van der Waals surface area contributed by atoms with Crippen LogP contribution in [0.4, 0.5) is 10.3 Å². The Balaban J connectivity index is 1.63. The number of hydrogen-bond donors (Lipinski definition) is 2. The topological polar surface area (TPSA) is 66.5 Å². The Labute approximate surface area is 139 Å². The summed E-state index contributed by atoms with van der Waals surface area (Å²) in [6, 6.07) is 2.05. The van der Waals surface area contributed by atoms with E-state index in [0.717, 1.165) is 28.6 Å². The first kappa shape index (κ1) is 14.8. The number of hydrogen-bond acceptors (Lipinski definition) is 4. The van der Waals surface area contributed by atoms with Crippen LogP contribution in [-0.2, 0) is 6.42 Å². The van der Waals surface area contributed by atoms with Crippen LogP contribution in [0.25, 0.3) is 22.7 Å². The van der Waals surface area contributed by atoms with E-state index in [9.17, 15) is 4.39 Å². The van der Waals surface area contributed by atoms with E-state index in [-0.39, 0.29) is 6.54 Å². The maximum atomic E-state index is 13.6. The standard InChI is InChI=1S/C18H18FN5/c1-18(2,19)10-23-17-22-9-15-14(8-21-16(15)24-17)12-5-11-3-4-20-7-13(11)6-12/h3-4,6-9H,5,10H2,1-2H3,(H2,21,22,23,24). The lowest BCUT2D eigenvalue weighted by molar-refractivity contribution is 0.234. The summed E-state index contributed by atoms with van der Waals surface area (Å²) < 4.78 is 13.6. The lowest BCUT2D eigenvalue weighted by Gasteiger charge is -2.14. The predicted octanol–water partition coefficient (Wildman–Crippen LogP) is 3.61. The Morgan fingerprint density at radius 2 is 2.21 bits per heavy atom. The van der Waals surface area contributed by atoms with Crippen LogP contribution in [0.2, 0.25) is 0 Å². The van der Waals surface area contributed by atoms with Gasteiger partial charge in [-0.05, 0) is 49.1 Å². The fourth-order valence-corrected chi connectivity index (χ4v) is 2.89. The second-order valence-corrected chi connectivity index (χ2v) is 6.65. The fraction of sp³-hybridized carbons (Fsp3) is 0.278. The van der Waals surface area contributed by atoms with Crippen molar-refractivity contribution in [2.45, 2.75) is 25.9 Å². The number of allylic oxidation sites excluding steroid dienone is 1. The first-order chi connectivity index (χ1) is 11.5. The number of nitrogens with one attached hydrogen (secondary N) is 2. The zero-order valence-corrected chi connectivity index (χ0v) is 13.6. The van der Waals surface area contributed by atoms with Gasteiger partial charge in [-0.25, -0.2) is 9.37 Å². The van der Waals surface area contributed by atoms with Crippen LogP contribution in [0.3, 0.4) is 0 Å². The average molecular weight is 323 g/mol. The maximum absolute atomic E-state index is 13.6. The molecule has 3 heterocycles. The molecular formula is C18H18FN5. The normalized spacial score (nSPS) is 13.9. The minimum Gasteiger partial charge on any atom is -0.351 e. The molecule has 0 atom stereocenters. The van der Waals surface area contributed by atoms with E-state index in [1.165, 1.54) is 25.0 Å². The molecule has 0 aromatic carbocycles. The quantitative estimate of drug-likeness (QED) is 0.770. The summed E-state index contributed by atoms with van der Waals surface area (Å²) in [5, 5.41) is 3.89. The highest BCUT2D eigenvalue weighted by atomic mass is 19.1. The van der Waals surface area contributed by atoms with Crippen LogP contribution in [0.1, 0.15) is 30.5 Å². The monoisotopic (exact) mass is 323 g/mol. The Hall–Kier alpha value is -2.76. The second kappa shape index (κ2) is 5.40. The fourth-order valence-electron chi connectivity index (χ4n) is 2.89. The van der Waals surface area contributed by atoms with Crippen LogP contribution in [-0.4, -0.2) is 32.1 Å². The molecule has 122 valence electrons. The van der Waals surface area contributed by atoms with Crippen molar-refractivity contribution in [2.75, 3.05) is 11.9 Å². The molecule has 1 aliphatic rings. The van der Waals surface area contributed by atoms with Gasteiger partial charge in [-0.2, -0.15) is 4.98 Å². The third-order valence-electron chi connectivity index (χ3n) is 4.10. The molecule has 5 nitrogen and oxygen atoms in total. The van der Waals surface area contributed by atoms with Crippen molar-refractivity contribution < 1.29 is 4.39 Å². The maximum Gasteiger partial charge on any atom is 0.224 e. The summed E-state index contributed by atoms with van der Waals surface area (Å²) in [7, 11) is 0. The first-order valence-corrected chi connectivity index (χ1v) is 7.90. The Morgan fingerprint density at radius 3 is 3.00 bits per heavy atom. The molecular weight excluding hydrogens is 305 g/mol. The van der Waals surface area contributed by atoms with Gasteiger partial charge in [0.25, 0.3) is 0 Å². The highest BCUT2D eigenvalue weighted by Crippen LogP contribution is 2.34. The van der Waals surface area contributed by atoms with Gasteiger partial charge in [0, 0.05) is 35.7 Å². The third kappa shape index (κ3) is 2.75. The second-order valence-electron chi connectivity index (χ2n) is 6.65. The van der Waals surface area contributed by atoms with Gasteiger partial charge in [0.2, 0.25) is 5.95 Å². The smallest absolute Gasteiger partial charge is 0.224 e. The molecule has 24 heavy (non-hydrogen) atoms. The van der Waals surface area contributed by atoms with Crippen molar-refractivity contribution in [1.29, 1.82) is 0 Å². The molecule has 0 amide bonds. The first-order valence-electron chi connectivity index (χ1n) is 7.90. The molecule has 3 aromatic rings. The van der Waals surface area contributed by atoms with Gasteiger partial charge in [0.05, 0.1) is 6.54 Å². The van der Waals surface area contributed by atoms with Crippen molar-refractivity contribution in [2.24, 2.45) is 0 Å². The molecule has 0 bridgehead atoms. The van der Waals surface area contributed by atoms with Crippen LogP contribution in [0.15, 0.2) is 30.9 Å². The van der Waals surface area contributed by atoms with Crippen molar-refractivity contribution in [1.82, 2.24) is 19.9 Å². The van der Waals surface area contributed by atoms with Gasteiger partial charge in [0.1, 0.15) is 11.3 Å². The van der Waals surface area contributed by atoms with Crippen LogP contribution in [0, 0.1) is 0 Å². The number of fused-ring (bicyclic) bond motifs is 2. The summed E-state index contributed by atoms with van der Waals surface area (Å²) in [4.78, 5) is 16.1. The van der Waals surface area contributed by atoms with Crippen LogP contribution < -0.4 is 5.32 Å². The highest BCUT2D eigenvalue weighted by Gasteiger charge is 2.19. The Bertz CT molecular complexity index is 936. The number of aromatic amines is 1. The minimum absolute atomic E-state index is 0.166. The highest BCUT2D eigenvalue weighted by molar-refractivity contribution is 5.98. The molecule has 3 aromatic heterocycles. The minimum atomic E-state index is -1.31. The number of rotatable bonds is 4. The molecule has 0 radical (unpaired) electrons. The number of anilines is 1. The average Bonchev–Trinajstić information content (AvgIpc) is 3.15. The number of alkyl halides is 1.